The molecule has 0 aliphatic heterocycles. The molecule has 0 saturated carbocycles. The zero-order valence-electron chi connectivity index (χ0n) is 17.4. The number of nitrogens with zero attached hydrogens (tertiary/aromatic N) is 2. The summed E-state index contributed by atoms with van der Waals surface area (Å²) in [5.41, 5.74) is 4.99. The first kappa shape index (κ1) is 21.8. The molecule has 2 N–H and O–H groups in total. The number of rotatable bonds is 8. The molecule has 1 unspecified atom stereocenters. The summed E-state index contributed by atoms with van der Waals surface area (Å²) in [6.45, 7) is 2.56. The molecule has 2 aromatic carbocycles. The summed E-state index contributed by atoms with van der Waals surface area (Å²) in [5, 5.41) is 15.2. The quantitative estimate of drug-likeness (QED) is 0.460. The lowest BCUT2D eigenvalue weighted by molar-refractivity contribution is -0.119. The van der Waals surface area contributed by atoms with Crippen molar-refractivity contribution in [3.8, 4) is 0 Å². The summed E-state index contributed by atoms with van der Waals surface area (Å²) < 4.78 is 13.7. The Bertz CT molecular complexity index is 1040. The first-order chi connectivity index (χ1) is 15.1. The van der Waals surface area contributed by atoms with Gasteiger partial charge in [-0.05, 0) is 67.0 Å². The number of benzene rings is 2. The number of nitrogens with one attached hydrogen (secondary N) is 2. The number of halogens is 1. The molecule has 1 aliphatic rings. The van der Waals surface area contributed by atoms with E-state index in [1.807, 2.05) is 6.92 Å². The van der Waals surface area contributed by atoms with E-state index in [-0.39, 0.29) is 17.8 Å². The molecule has 1 aromatic heterocycles. The number of aryl methyl sites for hydroxylation is 2. The summed E-state index contributed by atoms with van der Waals surface area (Å²) in [4.78, 5) is 12.4. The fourth-order valence-corrected chi connectivity index (χ4v) is 5.19. The van der Waals surface area contributed by atoms with Gasteiger partial charge in [-0.25, -0.2) is 4.39 Å². The maximum Gasteiger partial charge on any atom is 0.230 e. The Hall–Kier alpha value is -2.45. The fraction of sp³-hybridized carbons (Fsp3) is 0.348. The Morgan fingerprint density at radius 2 is 1.90 bits per heavy atom. The second-order valence-electron chi connectivity index (χ2n) is 7.67. The highest BCUT2D eigenvalue weighted by molar-refractivity contribution is 8.01. The van der Waals surface area contributed by atoms with Crippen LogP contribution in [0.5, 0.6) is 0 Å². The molecule has 8 heteroatoms. The molecular formula is C23H25FN4OS2. The molecule has 3 aromatic rings. The van der Waals surface area contributed by atoms with Crippen molar-refractivity contribution in [3.63, 3.8) is 0 Å². The maximum atomic E-state index is 13.0. The van der Waals surface area contributed by atoms with Gasteiger partial charge in [-0.3, -0.25) is 4.79 Å². The van der Waals surface area contributed by atoms with Crippen molar-refractivity contribution in [3.05, 3.63) is 70.5 Å². The normalized spacial score (nSPS) is 14.0. The van der Waals surface area contributed by atoms with Crippen molar-refractivity contribution >= 4 is 34.1 Å². The van der Waals surface area contributed by atoms with Crippen molar-refractivity contribution in [1.82, 2.24) is 15.5 Å². The van der Waals surface area contributed by atoms with E-state index in [0.717, 1.165) is 28.3 Å². The molecule has 162 valence electrons. The van der Waals surface area contributed by atoms with Gasteiger partial charge in [0.1, 0.15) is 5.82 Å². The third-order valence-corrected chi connectivity index (χ3v) is 7.35. The number of thioether (sulfide) groups is 1. The molecule has 1 atom stereocenters. The second-order valence-corrected chi connectivity index (χ2v) is 9.87. The molecule has 0 radical (unpaired) electrons. The van der Waals surface area contributed by atoms with Crippen molar-refractivity contribution < 1.29 is 9.18 Å². The number of aromatic nitrogens is 2. The van der Waals surface area contributed by atoms with Gasteiger partial charge in [0.2, 0.25) is 11.0 Å². The van der Waals surface area contributed by atoms with E-state index in [1.165, 1.54) is 59.2 Å². The molecule has 1 heterocycles. The van der Waals surface area contributed by atoms with Gasteiger partial charge in [-0.15, -0.1) is 10.2 Å². The molecule has 0 spiro atoms. The lowest BCUT2D eigenvalue weighted by Gasteiger charge is -2.20. The lowest BCUT2D eigenvalue weighted by atomic mass is 9.89. The predicted molar refractivity (Wildman–Crippen MR) is 124 cm³/mol. The summed E-state index contributed by atoms with van der Waals surface area (Å²) in [6, 6.07) is 12.9. The van der Waals surface area contributed by atoms with Crippen molar-refractivity contribution in [2.24, 2.45) is 0 Å². The summed E-state index contributed by atoms with van der Waals surface area (Å²) in [7, 11) is 0. The van der Waals surface area contributed by atoms with E-state index in [9.17, 15) is 9.18 Å². The molecule has 5 nitrogen and oxygen atoms in total. The minimum Gasteiger partial charge on any atom is -0.356 e. The topological polar surface area (TPSA) is 66.9 Å². The largest absolute Gasteiger partial charge is 0.356 e. The van der Waals surface area contributed by atoms with Gasteiger partial charge in [0, 0.05) is 6.54 Å². The lowest BCUT2D eigenvalue weighted by Crippen LogP contribution is -2.28. The number of fused-ring (bicyclic) bond motifs is 1. The van der Waals surface area contributed by atoms with Crippen LogP contribution in [0.1, 0.15) is 48.1 Å². The Labute approximate surface area is 189 Å². The molecule has 1 amide bonds. The zero-order chi connectivity index (χ0) is 21.6. The number of hydrogen-bond donors (Lipinski definition) is 2. The van der Waals surface area contributed by atoms with Crippen LogP contribution in [0.15, 0.2) is 46.8 Å². The van der Waals surface area contributed by atoms with Gasteiger partial charge in [0.05, 0.1) is 11.8 Å². The van der Waals surface area contributed by atoms with E-state index >= 15 is 0 Å². The highest BCUT2D eigenvalue weighted by Crippen LogP contribution is 2.27. The Morgan fingerprint density at radius 1 is 1.13 bits per heavy atom. The van der Waals surface area contributed by atoms with Crippen LogP contribution in [0.4, 0.5) is 9.52 Å². The summed E-state index contributed by atoms with van der Waals surface area (Å²) in [6.07, 6.45) is 4.81. The highest BCUT2D eigenvalue weighted by atomic mass is 32.2. The fourth-order valence-electron chi connectivity index (χ4n) is 3.64. The Balaban J connectivity index is 1.24. The molecule has 1 aliphatic carbocycles. The third kappa shape index (κ3) is 6.04. The number of carbonyl (C=O) groups is 1. The standard InChI is InChI=1S/C23H25FN4OS2/c1-15(18-9-8-17-4-2-3-5-19(17)12-18)26-21(29)14-30-23-28-27-22(31-23)25-13-16-6-10-20(24)11-7-16/h6-12,15H,2-5,13-14H2,1H3,(H,25,27)(H,26,29). The van der Waals surface area contributed by atoms with Crippen LogP contribution < -0.4 is 10.6 Å². The van der Waals surface area contributed by atoms with Crippen LogP contribution in [-0.2, 0) is 24.2 Å². The molecule has 0 saturated heterocycles. The Kier molecular flexibility index (Phi) is 7.19. The van der Waals surface area contributed by atoms with Crippen molar-refractivity contribution in [1.29, 1.82) is 0 Å². The van der Waals surface area contributed by atoms with Gasteiger partial charge >= 0.3 is 0 Å². The van der Waals surface area contributed by atoms with E-state index in [4.69, 9.17) is 0 Å². The smallest absolute Gasteiger partial charge is 0.230 e. The average Bonchev–Trinajstić information content (AvgIpc) is 3.25. The summed E-state index contributed by atoms with van der Waals surface area (Å²) in [5.74, 6) is 0.0193. The number of carbonyl (C=O) groups excluding carboxylic acids is 1. The van der Waals surface area contributed by atoms with Crippen LogP contribution >= 0.6 is 23.1 Å². The molecule has 0 bridgehead atoms. The number of anilines is 1. The second kappa shape index (κ2) is 10.2. The maximum absolute atomic E-state index is 13.0. The predicted octanol–water partition coefficient (Wildman–Crippen LogP) is 5.14. The number of amides is 1. The Morgan fingerprint density at radius 3 is 2.71 bits per heavy atom. The van der Waals surface area contributed by atoms with Crippen LogP contribution in [0, 0.1) is 5.82 Å². The minimum atomic E-state index is -0.252. The zero-order valence-corrected chi connectivity index (χ0v) is 19.0. The molecule has 4 rings (SSSR count). The van der Waals surface area contributed by atoms with E-state index in [2.05, 4.69) is 39.0 Å². The number of hydrogen-bond acceptors (Lipinski definition) is 6. The van der Waals surface area contributed by atoms with Crippen LogP contribution in [0.25, 0.3) is 0 Å². The van der Waals surface area contributed by atoms with Crippen LogP contribution in [0.3, 0.4) is 0 Å². The first-order valence-electron chi connectivity index (χ1n) is 10.4. The van der Waals surface area contributed by atoms with E-state index in [0.29, 0.717) is 17.4 Å². The van der Waals surface area contributed by atoms with Gasteiger partial charge in [0.25, 0.3) is 0 Å². The van der Waals surface area contributed by atoms with Gasteiger partial charge in [0.15, 0.2) is 4.34 Å². The van der Waals surface area contributed by atoms with Gasteiger partial charge in [-0.1, -0.05) is 53.4 Å². The first-order valence-corrected chi connectivity index (χ1v) is 12.2. The van der Waals surface area contributed by atoms with Crippen LogP contribution in [-0.4, -0.2) is 21.9 Å². The highest BCUT2D eigenvalue weighted by Gasteiger charge is 2.15. The van der Waals surface area contributed by atoms with Gasteiger partial charge < -0.3 is 10.6 Å². The molecular weight excluding hydrogens is 431 g/mol. The monoisotopic (exact) mass is 456 g/mol. The van der Waals surface area contributed by atoms with Crippen LogP contribution in [0.2, 0.25) is 0 Å². The van der Waals surface area contributed by atoms with E-state index < -0.39 is 0 Å². The minimum absolute atomic E-state index is 0.0220. The van der Waals surface area contributed by atoms with Crippen molar-refractivity contribution in [2.75, 3.05) is 11.1 Å². The van der Waals surface area contributed by atoms with Crippen molar-refractivity contribution in [2.45, 2.75) is 49.5 Å². The van der Waals surface area contributed by atoms with Gasteiger partial charge in [-0.2, -0.15) is 0 Å². The van der Waals surface area contributed by atoms with E-state index in [1.54, 1.807) is 12.1 Å². The SMILES string of the molecule is CC(NC(=O)CSc1nnc(NCc2ccc(F)cc2)s1)c1ccc2c(c1)CCCC2. The average molecular weight is 457 g/mol. The summed E-state index contributed by atoms with van der Waals surface area (Å²) >= 11 is 2.78. The molecule has 31 heavy (non-hydrogen) atoms. The molecule has 0 fully saturated rings. The third-order valence-electron chi connectivity index (χ3n) is 5.34.